The van der Waals surface area contributed by atoms with Crippen LogP contribution in [0.2, 0.25) is 0 Å². The fourth-order valence-electron chi connectivity index (χ4n) is 2.39. The zero-order chi connectivity index (χ0) is 16.2. The highest BCUT2D eigenvalue weighted by Gasteiger charge is 2.32. The molecule has 0 N–H and O–H groups in total. The molecule has 122 valence electrons. The number of aryl methyl sites for hydroxylation is 1. The lowest BCUT2D eigenvalue weighted by Crippen LogP contribution is -2.35. The molecule has 2 atom stereocenters. The topological polar surface area (TPSA) is 65.0 Å². The van der Waals surface area contributed by atoms with E-state index in [1.807, 2.05) is 20.8 Å². The third-order valence-electron chi connectivity index (χ3n) is 3.57. The summed E-state index contributed by atoms with van der Waals surface area (Å²) in [6.45, 7) is 5.58. The normalized spacial score (nSPS) is 22.1. The zero-order valence-electron chi connectivity index (χ0n) is 13.3. The Morgan fingerprint density at radius 2 is 1.68 bits per heavy atom. The fraction of sp³-hybridized carbons (Fsp3) is 0.562. The molecule has 6 heteroatoms. The Labute approximate surface area is 132 Å². The van der Waals surface area contributed by atoms with E-state index in [0.29, 0.717) is 6.42 Å². The standard InChI is InChI=1S/C16H23NO4S/c1-12(2)17-20-15-6-4-5-7-16(15)21-22(18,19)14-10-8-13(3)9-11-14/h8-11,15-16H,4-7H2,1-3H3/t15-,16+/m0/s1. The first kappa shape index (κ1) is 17.0. The minimum Gasteiger partial charge on any atom is -0.390 e. The van der Waals surface area contributed by atoms with E-state index in [4.69, 9.17) is 9.02 Å². The van der Waals surface area contributed by atoms with E-state index >= 15 is 0 Å². The minimum atomic E-state index is -3.78. The lowest BCUT2D eigenvalue weighted by molar-refractivity contribution is -0.0434. The molecule has 2 rings (SSSR count). The molecular weight excluding hydrogens is 302 g/mol. The lowest BCUT2D eigenvalue weighted by atomic mass is 9.95. The van der Waals surface area contributed by atoms with Gasteiger partial charge in [-0.25, -0.2) is 0 Å². The summed E-state index contributed by atoms with van der Waals surface area (Å²) < 4.78 is 30.2. The molecule has 5 nitrogen and oxygen atoms in total. The quantitative estimate of drug-likeness (QED) is 0.473. The highest BCUT2D eigenvalue weighted by atomic mass is 32.2. The first-order chi connectivity index (χ1) is 10.4. The second kappa shape index (κ2) is 7.24. The highest BCUT2D eigenvalue weighted by molar-refractivity contribution is 7.86. The van der Waals surface area contributed by atoms with Gasteiger partial charge in [-0.15, -0.1) is 0 Å². The third-order valence-corrected chi connectivity index (χ3v) is 4.92. The molecule has 0 aromatic heterocycles. The van der Waals surface area contributed by atoms with Gasteiger partial charge in [0.2, 0.25) is 0 Å². The summed E-state index contributed by atoms with van der Waals surface area (Å²) in [5, 5.41) is 3.95. The molecule has 0 unspecified atom stereocenters. The number of rotatable bonds is 5. The highest BCUT2D eigenvalue weighted by Crippen LogP contribution is 2.27. The average molecular weight is 325 g/mol. The van der Waals surface area contributed by atoms with Gasteiger partial charge in [0.25, 0.3) is 10.1 Å². The summed E-state index contributed by atoms with van der Waals surface area (Å²) in [6.07, 6.45) is 2.54. The molecule has 1 aromatic carbocycles. The monoisotopic (exact) mass is 325 g/mol. The van der Waals surface area contributed by atoms with Crippen LogP contribution in [-0.4, -0.2) is 26.3 Å². The molecule has 0 bridgehead atoms. The van der Waals surface area contributed by atoms with Gasteiger partial charge in [0.15, 0.2) is 6.10 Å². The first-order valence-corrected chi connectivity index (χ1v) is 8.96. The molecule has 0 radical (unpaired) electrons. The maximum atomic E-state index is 12.4. The van der Waals surface area contributed by atoms with Crippen molar-refractivity contribution in [3.8, 4) is 0 Å². The summed E-state index contributed by atoms with van der Waals surface area (Å²) in [5.74, 6) is 0. The van der Waals surface area contributed by atoms with Gasteiger partial charge in [-0.3, -0.25) is 4.18 Å². The van der Waals surface area contributed by atoms with Gasteiger partial charge in [0.1, 0.15) is 6.10 Å². The van der Waals surface area contributed by atoms with E-state index in [2.05, 4.69) is 5.16 Å². The first-order valence-electron chi connectivity index (χ1n) is 7.55. The van der Waals surface area contributed by atoms with E-state index in [1.165, 1.54) is 0 Å². The molecule has 0 amide bonds. The van der Waals surface area contributed by atoms with Crippen molar-refractivity contribution in [1.29, 1.82) is 0 Å². The number of benzene rings is 1. The van der Waals surface area contributed by atoms with Crippen molar-refractivity contribution in [2.45, 2.75) is 63.6 Å². The molecule has 0 aliphatic heterocycles. The lowest BCUT2D eigenvalue weighted by Gasteiger charge is -2.28. The Kier molecular flexibility index (Phi) is 5.58. The van der Waals surface area contributed by atoms with Gasteiger partial charge in [-0.1, -0.05) is 29.3 Å². The Balaban J connectivity index is 2.11. The van der Waals surface area contributed by atoms with Crippen molar-refractivity contribution >= 4 is 15.8 Å². The second-order valence-electron chi connectivity index (χ2n) is 5.87. The van der Waals surface area contributed by atoms with E-state index in [-0.39, 0.29) is 11.0 Å². The third kappa shape index (κ3) is 4.55. The Morgan fingerprint density at radius 1 is 1.09 bits per heavy atom. The van der Waals surface area contributed by atoms with Crippen LogP contribution in [0.3, 0.4) is 0 Å². The van der Waals surface area contributed by atoms with Crippen molar-refractivity contribution in [3.05, 3.63) is 29.8 Å². The Morgan fingerprint density at radius 3 is 2.27 bits per heavy atom. The second-order valence-corrected chi connectivity index (χ2v) is 7.44. The van der Waals surface area contributed by atoms with Crippen LogP contribution in [-0.2, 0) is 19.1 Å². The maximum Gasteiger partial charge on any atom is 0.297 e. The van der Waals surface area contributed by atoms with Gasteiger partial charge >= 0.3 is 0 Å². The van der Waals surface area contributed by atoms with E-state index in [0.717, 1.165) is 30.5 Å². The van der Waals surface area contributed by atoms with Gasteiger partial charge in [0, 0.05) is 0 Å². The molecular formula is C16H23NO4S. The SMILES string of the molecule is CC(C)=NO[C@H]1CCCC[C@H]1OS(=O)(=O)c1ccc(C)cc1. The van der Waals surface area contributed by atoms with Gasteiger partial charge in [-0.05, 0) is 52.2 Å². The van der Waals surface area contributed by atoms with Crippen molar-refractivity contribution in [2.24, 2.45) is 5.16 Å². The average Bonchev–Trinajstić information content (AvgIpc) is 2.46. The molecule has 22 heavy (non-hydrogen) atoms. The molecule has 0 heterocycles. The van der Waals surface area contributed by atoms with Crippen molar-refractivity contribution in [2.75, 3.05) is 0 Å². The summed E-state index contributed by atoms with van der Waals surface area (Å²) in [6, 6.07) is 6.65. The van der Waals surface area contributed by atoms with Crippen LogP contribution in [0.15, 0.2) is 34.3 Å². The molecule has 1 aromatic rings. The fourth-order valence-corrected chi connectivity index (χ4v) is 3.52. The van der Waals surface area contributed by atoms with Crippen LogP contribution in [0.5, 0.6) is 0 Å². The summed E-state index contributed by atoms with van der Waals surface area (Å²) in [7, 11) is -3.78. The summed E-state index contributed by atoms with van der Waals surface area (Å²) >= 11 is 0. The minimum absolute atomic E-state index is 0.178. The van der Waals surface area contributed by atoms with Crippen molar-refractivity contribution < 1.29 is 17.4 Å². The number of nitrogens with zero attached hydrogens (tertiary/aromatic N) is 1. The number of hydrogen-bond donors (Lipinski definition) is 0. The van der Waals surface area contributed by atoms with Crippen LogP contribution in [0.4, 0.5) is 0 Å². The summed E-state index contributed by atoms with van der Waals surface area (Å²) in [5.41, 5.74) is 1.80. The van der Waals surface area contributed by atoms with Gasteiger partial charge in [0.05, 0.1) is 10.6 Å². The van der Waals surface area contributed by atoms with Crippen LogP contribution in [0.1, 0.15) is 45.1 Å². The Hall–Kier alpha value is -1.40. The molecule has 0 saturated heterocycles. The molecule has 1 aliphatic rings. The van der Waals surface area contributed by atoms with E-state index in [9.17, 15) is 8.42 Å². The van der Waals surface area contributed by atoms with Crippen LogP contribution < -0.4 is 0 Å². The summed E-state index contributed by atoms with van der Waals surface area (Å²) in [4.78, 5) is 5.63. The number of hydrogen-bond acceptors (Lipinski definition) is 5. The predicted octanol–water partition coefficient (Wildman–Crippen LogP) is 3.42. The van der Waals surface area contributed by atoms with Gasteiger partial charge < -0.3 is 4.84 Å². The van der Waals surface area contributed by atoms with E-state index in [1.54, 1.807) is 24.3 Å². The van der Waals surface area contributed by atoms with Crippen molar-refractivity contribution in [1.82, 2.24) is 0 Å². The van der Waals surface area contributed by atoms with Crippen molar-refractivity contribution in [3.63, 3.8) is 0 Å². The smallest absolute Gasteiger partial charge is 0.297 e. The zero-order valence-corrected chi connectivity index (χ0v) is 14.1. The van der Waals surface area contributed by atoms with Crippen LogP contribution in [0.25, 0.3) is 0 Å². The van der Waals surface area contributed by atoms with Crippen LogP contribution >= 0.6 is 0 Å². The Bertz CT molecular complexity index is 618. The van der Waals surface area contributed by atoms with Crippen LogP contribution in [0, 0.1) is 6.92 Å². The maximum absolute atomic E-state index is 12.4. The molecule has 1 fully saturated rings. The predicted molar refractivity (Wildman–Crippen MR) is 85.4 cm³/mol. The molecule has 1 aliphatic carbocycles. The molecule has 0 spiro atoms. The van der Waals surface area contributed by atoms with E-state index < -0.39 is 16.2 Å². The van der Waals surface area contributed by atoms with Gasteiger partial charge in [-0.2, -0.15) is 8.42 Å². The largest absolute Gasteiger partial charge is 0.390 e. The molecule has 1 saturated carbocycles. The number of oxime groups is 1.